The van der Waals surface area contributed by atoms with Gasteiger partial charge in [0.1, 0.15) is 0 Å². The van der Waals surface area contributed by atoms with Crippen molar-refractivity contribution in [3.8, 4) is 100 Å². The standard InChI is InChI=1S/C123H109BN4/c1-76(2)85-48-56-111-105(66-85)106-67-86(77(3)4)49-57-112(106)125(111)99-52-54-109-115(74-99)127(120-101(83-36-24-18-25-37-83)70-97(122(10,11)12)72-103(120)95-46-30-44-93(64-95)91-42-28-40-89(62-91)81-32-20-16-21-33-81)117-60-80(9)61-118-119(117)124(109)110-55-53-100(126-113-58-50-87(78(5)6)68-107(113)108-69-88(79(7)8)51-59-114(108)126)75-116(110)128(118)121-102(84-38-26-19-27-39-84)71-98(123(13,14)15)73-104(121)96-47-31-45-94(65-96)92-43-29-41-90(63-92)82-34-22-17-23-35-82/h16-79H,1-15H3/i9D3. The molecule has 4 nitrogen and oxygen atoms in total. The number of hydrogen-bond donors (Lipinski definition) is 0. The second kappa shape index (κ2) is 31.8. The summed E-state index contributed by atoms with van der Waals surface area (Å²) in [5.41, 5.74) is 38.9. The lowest BCUT2D eigenvalue weighted by Gasteiger charge is -2.46. The number of nitrogens with zero attached hydrogens (tertiary/aromatic N) is 4. The van der Waals surface area contributed by atoms with Gasteiger partial charge in [-0.25, -0.2) is 0 Å². The van der Waals surface area contributed by atoms with Gasteiger partial charge in [0.2, 0.25) is 0 Å². The first-order chi connectivity index (χ1) is 63.1. The van der Waals surface area contributed by atoms with Crippen LogP contribution in [0.2, 0.25) is 0 Å². The van der Waals surface area contributed by atoms with E-state index in [1.54, 1.807) is 0 Å². The molecule has 0 saturated carbocycles. The molecule has 0 radical (unpaired) electrons. The van der Waals surface area contributed by atoms with Crippen LogP contribution in [0.15, 0.2) is 364 Å². The van der Waals surface area contributed by atoms with Gasteiger partial charge in [-0.1, -0.05) is 327 Å². The van der Waals surface area contributed by atoms with Crippen LogP contribution in [-0.4, -0.2) is 15.8 Å². The Hall–Kier alpha value is -14.0. The van der Waals surface area contributed by atoms with Gasteiger partial charge in [-0.05, 0) is 297 Å². The molecule has 0 spiro atoms. The fraction of sp³-hybridized carbons (Fsp3) is 0.171. The van der Waals surface area contributed by atoms with Gasteiger partial charge in [0.25, 0.3) is 6.71 Å². The van der Waals surface area contributed by atoms with Crippen molar-refractivity contribution in [2.45, 2.75) is 138 Å². The first-order valence-corrected chi connectivity index (χ1v) is 45.9. The molecule has 2 aromatic heterocycles. The summed E-state index contributed by atoms with van der Waals surface area (Å²) in [6.45, 7) is 29.1. The summed E-state index contributed by atoms with van der Waals surface area (Å²) in [4.78, 5) is 5.08. The van der Waals surface area contributed by atoms with Crippen LogP contribution in [0, 0.1) is 6.85 Å². The van der Waals surface area contributed by atoms with Crippen LogP contribution in [0.3, 0.4) is 0 Å². The highest BCUT2D eigenvalue weighted by atomic mass is 15.2. The highest BCUT2D eigenvalue weighted by molar-refractivity contribution is 7.00. The number of fused-ring (bicyclic) bond motifs is 10. The molecule has 2 aliphatic heterocycles. The molecule has 0 saturated heterocycles. The second-order valence-corrected chi connectivity index (χ2v) is 39.0. The third-order valence-electron chi connectivity index (χ3n) is 27.4. The van der Waals surface area contributed by atoms with Crippen molar-refractivity contribution in [1.29, 1.82) is 0 Å². The average Bonchev–Trinajstić information content (AvgIpc) is 1.18. The Labute approximate surface area is 760 Å². The van der Waals surface area contributed by atoms with Crippen molar-refractivity contribution < 1.29 is 4.11 Å². The van der Waals surface area contributed by atoms with Crippen LogP contribution >= 0.6 is 0 Å². The molecular formula is C123H109BN4. The molecular weight excluding hydrogens is 1540 g/mol. The normalized spacial score (nSPS) is 13.2. The average molecular weight is 1660 g/mol. The molecule has 0 aliphatic carbocycles. The minimum Gasteiger partial charge on any atom is -0.310 e. The Balaban J connectivity index is 0.929. The molecule has 0 unspecified atom stereocenters. The zero-order valence-corrected chi connectivity index (χ0v) is 75.8. The Kier molecular flexibility index (Phi) is 19.3. The van der Waals surface area contributed by atoms with Crippen LogP contribution in [-0.2, 0) is 10.8 Å². The summed E-state index contributed by atoms with van der Waals surface area (Å²) in [7, 11) is 0. The quantitative estimate of drug-likeness (QED) is 0.0897. The Morgan fingerprint density at radius 1 is 0.250 bits per heavy atom. The Morgan fingerprint density at radius 3 is 0.820 bits per heavy atom. The maximum absolute atomic E-state index is 10.3. The largest absolute Gasteiger partial charge is 0.310 e. The smallest absolute Gasteiger partial charge is 0.252 e. The molecule has 0 N–H and O–H groups in total. The lowest BCUT2D eigenvalue weighted by atomic mass is 9.33. The number of aromatic nitrogens is 2. The predicted molar refractivity (Wildman–Crippen MR) is 551 cm³/mol. The molecule has 128 heavy (non-hydrogen) atoms. The molecule has 19 aromatic rings. The second-order valence-electron chi connectivity index (χ2n) is 39.0. The SMILES string of the molecule is [2H]C([2H])([2H])c1cc2c3c(c1)N(c1c(-c4ccccc4)cc(C(C)(C)C)cc1-c1cccc(-c4cccc(-c5ccccc5)c4)c1)c1cc(-n4c5ccc(C(C)C)cc5c5cc(C(C)C)ccc54)ccc1B3c1ccc(-n3c4ccc(C(C)C)cc4c4cc(C(C)C)ccc43)cc1N2c1c(-c2ccccc2)cc(C(C)(C)C)cc1-c1cccc(-c2cccc(-c3ccccc3)c2)c1. The molecule has 5 heteroatoms. The number of anilines is 6. The minimum absolute atomic E-state index is 0.219. The number of aryl methyl sites for hydroxylation is 1. The minimum atomic E-state index is -2.66. The third-order valence-corrected chi connectivity index (χ3v) is 27.4. The lowest BCUT2D eigenvalue weighted by Crippen LogP contribution is -2.61. The van der Waals surface area contributed by atoms with Gasteiger partial charge >= 0.3 is 0 Å². The summed E-state index contributed by atoms with van der Waals surface area (Å²) in [6, 6.07) is 136. The van der Waals surface area contributed by atoms with E-state index in [-0.39, 0.29) is 16.4 Å². The monoisotopic (exact) mass is 1660 g/mol. The van der Waals surface area contributed by atoms with E-state index >= 15 is 0 Å². The topological polar surface area (TPSA) is 16.3 Å². The van der Waals surface area contributed by atoms with Gasteiger partial charge in [-0.15, -0.1) is 0 Å². The summed E-state index contributed by atoms with van der Waals surface area (Å²) in [6.07, 6.45) is 0. The Morgan fingerprint density at radius 2 is 0.523 bits per heavy atom. The van der Waals surface area contributed by atoms with Gasteiger partial charge in [0.15, 0.2) is 0 Å². The van der Waals surface area contributed by atoms with Crippen LogP contribution in [0.5, 0.6) is 0 Å². The van der Waals surface area contributed by atoms with Crippen LogP contribution in [0.1, 0.15) is 164 Å². The highest BCUT2D eigenvalue weighted by Crippen LogP contribution is 2.56. The number of benzene rings is 17. The van der Waals surface area contributed by atoms with Crippen LogP contribution in [0.4, 0.5) is 34.1 Å². The van der Waals surface area contributed by atoms with E-state index in [1.807, 2.05) is 0 Å². The molecule has 0 atom stereocenters. The molecule has 624 valence electrons. The van der Waals surface area contributed by atoms with E-state index in [0.717, 1.165) is 184 Å². The fourth-order valence-corrected chi connectivity index (χ4v) is 20.3. The van der Waals surface area contributed by atoms with E-state index in [0.29, 0.717) is 23.7 Å². The fourth-order valence-electron chi connectivity index (χ4n) is 20.3. The maximum atomic E-state index is 10.3. The first kappa shape index (κ1) is 77.6. The summed E-state index contributed by atoms with van der Waals surface area (Å²) >= 11 is 0. The first-order valence-electron chi connectivity index (χ1n) is 47.4. The molecule has 17 aromatic carbocycles. The van der Waals surface area contributed by atoms with Gasteiger partial charge in [-0.3, -0.25) is 0 Å². The summed E-state index contributed by atoms with van der Waals surface area (Å²) in [5.74, 6) is 1.20. The van der Waals surface area contributed by atoms with E-state index in [9.17, 15) is 4.11 Å². The van der Waals surface area contributed by atoms with Gasteiger partial charge in [0, 0.05) is 82.0 Å². The molecule has 0 fully saturated rings. The van der Waals surface area contributed by atoms with E-state index < -0.39 is 13.6 Å². The molecule has 2 aliphatic rings. The van der Waals surface area contributed by atoms with E-state index in [1.165, 1.54) is 43.8 Å². The zero-order chi connectivity index (χ0) is 90.4. The van der Waals surface area contributed by atoms with Crippen molar-refractivity contribution in [2.24, 2.45) is 0 Å². The van der Waals surface area contributed by atoms with Gasteiger partial charge < -0.3 is 18.9 Å². The van der Waals surface area contributed by atoms with Gasteiger partial charge in [-0.2, -0.15) is 0 Å². The lowest BCUT2D eigenvalue weighted by molar-refractivity contribution is 0.590. The molecule has 21 rings (SSSR count). The van der Waals surface area contributed by atoms with Crippen molar-refractivity contribution in [1.82, 2.24) is 9.13 Å². The Bertz CT molecular complexity index is 7150. The van der Waals surface area contributed by atoms with E-state index in [2.05, 4.69) is 480 Å². The van der Waals surface area contributed by atoms with Crippen molar-refractivity contribution in [3.05, 3.63) is 403 Å². The van der Waals surface area contributed by atoms with Crippen molar-refractivity contribution in [3.63, 3.8) is 0 Å². The summed E-state index contributed by atoms with van der Waals surface area (Å²) < 4.78 is 36.0. The van der Waals surface area contributed by atoms with Crippen LogP contribution < -0.4 is 26.2 Å². The molecule has 0 amide bonds. The predicted octanol–water partition coefficient (Wildman–Crippen LogP) is 32.7. The highest BCUT2D eigenvalue weighted by Gasteiger charge is 2.46. The summed E-state index contributed by atoms with van der Waals surface area (Å²) in [5, 5.41) is 4.82. The zero-order valence-electron chi connectivity index (χ0n) is 78.8. The van der Waals surface area contributed by atoms with Crippen molar-refractivity contribution >= 4 is 101 Å². The van der Waals surface area contributed by atoms with Crippen molar-refractivity contribution in [2.75, 3.05) is 9.80 Å². The third kappa shape index (κ3) is 14.2. The molecule has 4 heterocycles. The van der Waals surface area contributed by atoms with Gasteiger partial charge in [0.05, 0.1) is 33.4 Å². The van der Waals surface area contributed by atoms with Crippen LogP contribution in [0.25, 0.3) is 144 Å². The van der Waals surface area contributed by atoms with E-state index in [4.69, 9.17) is 0 Å². The number of hydrogen-bond acceptors (Lipinski definition) is 2. The maximum Gasteiger partial charge on any atom is 0.252 e. The molecule has 0 bridgehead atoms. The number of rotatable bonds is 16.